The van der Waals surface area contributed by atoms with Crippen molar-refractivity contribution >= 4 is 21.6 Å². The molecule has 27 heavy (non-hydrogen) atoms. The molecule has 5 atom stereocenters. The number of amides is 1. The molecule has 3 N–H and O–H groups in total. The predicted molar refractivity (Wildman–Crippen MR) is 98.6 cm³/mol. The molecule has 3 fully saturated rings. The number of aliphatic hydroxyl groups excluding tert-OH is 1. The highest BCUT2D eigenvalue weighted by molar-refractivity contribution is 7.89. The molecule has 2 aliphatic carbocycles. The van der Waals surface area contributed by atoms with Crippen molar-refractivity contribution in [3.63, 3.8) is 0 Å². The van der Waals surface area contributed by atoms with Gasteiger partial charge in [0.1, 0.15) is 10.6 Å². The largest absolute Gasteiger partial charge is 0.391 e. The minimum Gasteiger partial charge on any atom is -0.391 e. The Morgan fingerprint density at radius 2 is 1.96 bits per heavy atom. The van der Waals surface area contributed by atoms with Crippen LogP contribution in [0.15, 0.2) is 47.5 Å². The number of fused-ring (bicyclic) bond motifs is 1. The molecule has 3 aliphatic rings. The molecule has 2 saturated carbocycles. The van der Waals surface area contributed by atoms with Gasteiger partial charge in [-0.3, -0.25) is 4.79 Å². The van der Waals surface area contributed by atoms with E-state index < -0.39 is 22.0 Å². The Balaban J connectivity index is 1.38. The van der Waals surface area contributed by atoms with Crippen molar-refractivity contribution in [3.8, 4) is 0 Å². The fourth-order valence-electron chi connectivity index (χ4n) is 5.15. The van der Waals surface area contributed by atoms with Crippen LogP contribution in [-0.4, -0.2) is 47.4 Å². The highest BCUT2D eigenvalue weighted by atomic mass is 32.2. The molecule has 142 valence electrons. The smallest absolute Gasteiger partial charge is 0.272 e. The van der Waals surface area contributed by atoms with E-state index in [1.165, 1.54) is 16.6 Å². The Morgan fingerprint density at radius 3 is 2.70 bits per heavy atom. The van der Waals surface area contributed by atoms with Crippen molar-refractivity contribution in [2.45, 2.75) is 29.9 Å². The summed E-state index contributed by atoms with van der Waals surface area (Å²) in [6.45, 7) is 0.460. The molecule has 8 heteroatoms. The zero-order chi connectivity index (χ0) is 18.8. The fourth-order valence-corrected chi connectivity index (χ4v) is 6.88. The lowest BCUT2D eigenvalue weighted by Crippen LogP contribution is -2.43. The second kappa shape index (κ2) is 5.92. The van der Waals surface area contributed by atoms with Gasteiger partial charge in [-0.05, 0) is 48.8 Å². The second-order valence-electron chi connectivity index (χ2n) is 7.78. The van der Waals surface area contributed by atoms with Crippen LogP contribution in [0.4, 0.5) is 5.69 Å². The van der Waals surface area contributed by atoms with E-state index in [1.807, 2.05) is 18.2 Å². The Morgan fingerprint density at radius 1 is 1.19 bits per heavy atom. The van der Waals surface area contributed by atoms with Crippen molar-refractivity contribution in [1.29, 1.82) is 0 Å². The predicted octanol–water partition coefficient (Wildman–Crippen LogP) is 1.66. The number of carbonyl (C=O) groups is 1. The van der Waals surface area contributed by atoms with Crippen LogP contribution in [0.1, 0.15) is 23.3 Å². The average molecular weight is 387 g/mol. The van der Waals surface area contributed by atoms with Gasteiger partial charge in [0.25, 0.3) is 5.91 Å². The summed E-state index contributed by atoms with van der Waals surface area (Å²) < 4.78 is 27.7. The number of sulfonamides is 1. The van der Waals surface area contributed by atoms with Crippen molar-refractivity contribution in [2.24, 2.45) is 17.8 Å². The first-order valence-corrected chi connectivity index (χ1v) is 10.6. The van der Waals surface area contributed by atoms with E-state index in [9.17, 15) is 18.3 Å². The number of aromatic amines is 1. The summed E-state index contributed by atoms with van der Waals surface area (Å²) in [6, 6.07) is 10.0. The molecule has 1 saturated heterocycles. The SMILES string of the molecule is O=C(Nc1ccccc1)c1cc(S(=O)(=O)N2C[C@@H]3C[C@H]4C[C@H]3[C@H]2[C@H]4O)c[nH]1. The molecule has 1 aromatic heterocycles. The van der Waals surface area contributed by atoms with Crippen molar-refractivity contribution in [1.82, 2.24) is 9.29 Å². The third kappa shape index (κ3) is 2.55. The van der Waals surface area contributed by atoms with Gasteiger partial charge >= 0.3 is 0 Å². The number of benzene rings is 1. The quantitative estimate of drug-likeness (QED) is 0.742. The fraction of sp³-hybridized carbons (Fsp3) is 0.421. The number of nitrogens with one attached hydrogen (secondary N) is 2. The van der Waals surface area contributed by atoms with Gasteiger partial charge in [0.15, 0.2) is 0 Å². The molecule has 0 radical (unpaired) electrons. The van der Waals surface area contributed by atoms with Gasteiger partial charge < -0.3 is 15.4 Å². The number of carbonyl (C=O) groups excluding carboxylic acids is 1. The summed E-state index contributed by atoms with van der Waals surface area (Å²) in [4.78, 5) is 15.2. The Bertz CT molecular complexity index is 985. The van der Waals surface area contributed by atoms with Gasteiger partial charge in [-0.1, -0.05) is 18.2 Å². The molecular weight excluding hydrogens is 366 g/mol. The summed E-state index contributed by atoms with van der Waals surface area (Å²) in [5, 5.41) is 13.2. The Kier molecular flexibility index (Phi) is 3.72. The molecule has 1 aliphatic heterocycles. The first kappa shape index (κ1) is 17.0. The van der Waals surface area contributed by atoms with Crippen LogP contribution in [0.2, 0.25) is 0 Å². The van der Waals surface area contributed by atoms with E-state index in [-0.39, 0.29) is 28.5 Å². The molecule has 2 aromatic rings. The molecule has 0 unspecified atom stereocenters. The monoisotopic (exact) mass is 387 g/mol. The van der Waals surface area contributed by atoms with Crippen molar-refractivity contribution in [2.75, 3.05) is 11.9 Å². The standard InChI is InChI=1S/C19H21N3O4S/c23-18-11-6-12-10-22(17(18)15(12)7-11)27(25,26)14-8-16(20-9-14)19(24)21-13-4-2-1-3-5-13/h1-5,8-9,11-12,15,17-18,20,23H,6-7,10H2,(H,21,24)/t11-,12-,15+,17-,18-/m0/s1. The van der Waals surface area contributed by atoms with Gasteiger partial charge in [-0.15, -0.1) is 0 Å². The van der Waals surface area contributed by atoms with E-state index in [2.05, 4.69) is 10.3 Å². The number of rotatable bonds is 4. The minimum absolute atomic E-state index is 0.0673. The van der Waals surface area contributed by atoms with Crippen molar-refractivity contribution < 1.29 is 18.3 Å². The van der Waals surface area contributed by atoms with Crippen LogP contribution < -0.4 is 5.32 Å². The third-order valence-corrected chi connectivity index (χ3v) is 8.19. The molecule has 5 rings (SSSR count). The summed E-state index contributed by atoms with van der Waals surface area (Å²) in [7, 11) is -3.76. The number of aromatic nitrogens is 1. The lowest BCUT2D eigenvalue weighted by atomic mass is 9.88. The third-order valence-electron chi connectivity index (χ3n) is 6.34. The first-order valence-electron chi connectivity index (χ1n) is 9.20. The number of para-hydroxylation sites is 1. The van der Waals surface area contributed by atoms with Gasteiger partial charge in [0.05, 0.1) is 12.1 Å². The summed E-state index contributed by atoms with van der Waals surface area (Å²) in [5.74, 6) is 0.436. The van der Waals surface area contributed by atoms with Crippen LogP contribution in [0, 0.1) is 17.8 Å². The molecule has 2 heterocycles. The number of nitrogens with zero attached hydrogens (tertiary/aromatic N) is 1. The maximum Gasteiger partial charge on any atom is 0.272 e. The maximum atomic E-state index is 13.1. The maximum absolute atomic E-state index is 13.1. The number of H-pyrrole nitrogens is 1. The zero-order valence-corrected chi connectivity index (χ0v) is 15.4. The Hall–Kier alpha value is -2.16. The second-order valence-corrected chi connectivity index (χ2v) is 9.67. The lowest BCUT2D eigenvalue weighted by molar-refractivity contribution is 0.0731. The van der Waals surface area contributed by atoms with E-state index in [0.717, 1.165) is 12.8 Å². The number of aliphatic hydroxyl groups is 1. The van der Waals surface area contributed by atoms with Crippen LogP contribution in [0.25, 0.3) is 0 Å². The molecule has 1 amide bonds. The minimum atomic E-state index is -3.76. The van der Waals surface area contributed by atoms with Crippen LogP contribution in [-0.2, 0) is 10.0 Å². The molecule has 2 bridgehead atoms. The normalized spacial score (nSPS) is 32.1. The van der Waals surface area contributed by atoms with E-state index >= 15 is 0 Å². The van der Waals surface area contributed by atoms with Gasteiger partial charge in [-0.25, -0.2) is 8.42 Å². The Labute approximate surface area is 157 Å². The van der Waals surface area contributed by atoms with Gasteiger partial charge in [0.2, 0.25) is 10.0 Å². The zero-order valence-electron chi connectivity index (χ0n) is 14.6. The summed E-state index contributed by atoms with van der Waals surface area (Å²) in [5.41, 5.74) is 0.821. The van der Waals surface area contributed by atoms with Crippen LogP contribution >= 0.6 is 0 Å². The van der Waals surface area contributed by atoms with E-state index in [1.54, 1.807) is 12.1 Å². The average Bonchev–Trinajstić information content (AvgIpc) is 3.38. The molecule has 1 aromatic carbocycles. The molecular formula is C19H21N3O4S. The van der Waals surface area contributed by atoms with E-state index in [0.29, 0.717) is 18.2 Å². The number of hydrogen-bond acceptors (Lipinski definition) is 4. The number of anilines is 1. The van der Waals surface area contributed by atoms with E-state index in [4.69, 9.17) is 0 Å². The van der Waals surface area contributed by atoms with Gasteiger partial charge in [0, 0.05) is 18.4 Å². The number of hydrogen-bond donors (Lipinski definition) is 3. The molecule has 7 nitrogen and oxygen atoms in total. The van der Waals surface area contributed by atoms with Crippen LogP contribution in [0.5, 0.6) is 0 Å². The topological polar surface area (TPSA) is 102 Å². The first-order chi connectivity index (χ1) is 12.9. The summed E-state index contributed by atoms with van der Waals surface area (Å²) >= 11 is 0. The summed E-state index contributed by atoms with van der Waals surface area (Å²) in [6.07, 6.45) is 2.60. The molecule has 0 spiro atoms. The van der Waals surface area contributed by atoms with Crippen LogP contribution in [0.3, 0.4) is 0 Å². The van der Waals surface area contributed by atoms with Gasteiger partial charge in [-0.2, -0.15) is 4.31 Å². The highest BCUT2D eigenvalue weighted by Gasteiger charge is 2.61. The lowest BCUT2D eigenvalue weighted by Gasteiger charge is -2.28. The highest BCUT2D eigenvalue weighted by Crippen LogP contribution is 2.56. The van der Waals surface area contributed by atoms with Crippen molar-refractivity contribution in [3.05, 3.63) is 48.3 Å².